The number of nitrogens with one attached hydrogen (secondary N) is 2. The Morgan fingerprint density at radius 1 is 1.10 bits per heavy atom. The second-order valence-corrected chi connectivity index (χ2v) is 5.55. The van der Waals surface area contributed by atoms with Crippen molar-refractivity contribution >= 4 is 0 Å². The van der Waals surface area contributed by atoms with Crippen molar-refractivity contribution in [1.29, 1.82) is 0 Å². The van der Waals surface area contributed by atoms with Gasteiger partial charge in [-0.15, -0.1) is 5.10 Å². The third-order valence-corrected chi connectivity index (χ3v) is 2.78. The van der Waals surface area contributed by atoms with Crippen molar-refractivity contribution < 1.29 is 4.74 Å². The monoisotopic (exact) mass is 283 g/mol. The van der Waals surface area contributed by atoms with Crippen LogP contribution in [-0.4, -0.2) is 53.4 Å². The van der Waals surface area contributed by atoms with Crippen LogP contribution in [0.5, 0.6) is 0 Å². The molecule has 0 radical (unpaired) electrons. The average molecular weight is 283 g/mol. The summed E-state index contributed by atoms with van der Waals surface area (Å²) < 4.78 is 7.44. The lowest BCUT2D eigenvalue weighted by atomic mass is 10.3. The highest BCUT2D eigenvalue weighted by atomic mass is 16.5. The van der Waals surface area contributed by atoms with Gasteiger partial charge in [-0.3, -0.25) is 4.68 Å². The maximum Gasteiger partial charge on any atom is 0.0850 e. The van der Waals surface area contributed by atoms with E-state index in [0.717, 1.165) is 38.4 Å². The zero-order chi connectivity index (χ0) is 14.8. The third kappa shape index (κ3) is 8.24. The summed E-state index contributed by atoms with van der Waals surface area (Å²) in [5, 5.41) is 14.9. The van der Waals surface area contributed by atoms with Gasteiger partial charge in [0.2, 0.25) is 0 Å². The van der Waals surface area contributed by atoms with E-state index in [9.17, 15) is 0 Å². The number of nitrogens with zero attached hydrogens (tertiary/aromatic N) is 3. The van der Waals surface area contributed by atoms with E-state index in [1.165, 1.54) is 0 Å². The molecule has 0 aliphatic heterocycles. The predicted octanol–water partition coefficient (Wildman–Crippen LogP) is 0.833. The van der Waals surface area contributed by atoms with Crippen LogP contribution in [0.2, 0.25) is 0 Å². The summed E-state index contributed by atoms with van der Waals surface area (Å²) in [4.78, 5) is 0. The van der Waals surface area contributed by atoms with Gasteiger partial charge in [-0.05, 0) is 0 Å². The Hall–Kier alpha value is -0.980. The van der Waals surface area contributed by atoms with Crippen molar-refractivity contribution in [3.8, 4) is 0 Å². The lowest BCUT2D eigenvalue weighted by molar-refractivity contribution is 0.137. The molecule has 0 saturated heterocycles. The van der Waals surface area contributed by atoms with Gasteiger partial charge >= 0.3 is 0 Å². The van der Waals surface area contributed by atoms with Crippen molar-refractivity contribution in [3.63, 3.8) is 0 Å². The van der Waals surface area contributed by atoms with Gasteiger partial charge in [0.15, 0.2) is 0 Å². The second kappa shape index (κ2) is 9.85. The van der Waals surface area contributed by atoms with E-state index in [0.29, 0.717) is 18.7 Å². The van der Waals surface area contributed by atoms with Gasteiger partial charge in [0, 0.05) is 37.8 Å². The molecule has 6 nitrogen and oxygen atoms in total. The summed E-state index contributed by atoms with van der Waals surface area (Å²) in [6.07, 6.45) is 2.82. The molecule has 0 aliphatic rings. The zero-order valence-electron chi connectivity index (χ0n) is 13.2. The van der Waals surface area contributed by atoms with Crippen LogP contribution in [0.4, 0.5) is 0 Å². The molecule has 6 heteroatoms. The summed E-state index contributed by atoms with van der Waals surface area (Å²) in [5.41, 5.74) is 0.992. The minimum Gasteiger partial charge on any atom is -0.380 e. The Kier molecular flexibility index (Phi) is 8.41. The molecule has 0 saturated carbocycles. The number of rotatable bonds is 11. The molecule has 0 aromatic carbocycles. The maximum absolute atomic E-state index is 5.56. The Labute approximate surface area is 122 Å². The Morgan fingerprint density at radius 2 is 1.80 bits per heavy atom. The molecule has 20 heavy (non-hydrogen) atoms. The smallest absolute Gasteiger partial charge is 0.0850 e. The summed E-state index contributed by atoms with van der Waals surface area (Å²) >= 11 is 0. The Morgan fingerprint density at radius 3 is 2.50 bits per heavy atom. The van der Waals surface area contributed by atoms with Crippen molar-refractivity contribution in [2.45, 2.75) is 52.7 Å². The molecule has 2 N–H and O–H groups in total. The maximum atomic E-state index is 5.56. The molecule has 1 heterocycles. The van der Waals surface area contributed by atoms with E-state index in [1.807, 2.05) is 10.9 Å². The van der Waals surface area contributed by atoms with Crippen molar-refractivity contribution in [2.24, 2.45) is 0 Å². The molecule has 0 unspecified atom stereocenters. The molecule has 0 spiro atoms. The highest BCUT2D eigenvalue weighted by Gasteiger charge is 2.01. The van der Waals surface area contributed by atoms with E-state index >= 15 is 0 Å². The Balaban J connectivity index is 2.08. The van der Waals surface area contributed by atoms with Crippen LogP contribution in [0.1, 0.15) is 33.4 Å². The quantitative estimate of drug-likeness (QED) is 0.589. The summed E-state index contributed by atoms with van der Waals surface area (Å²) in [5.74, 6) is 0. The zero-order valence-corrected chi connectivity index (χ0v) is 13.2. The molecule has 116 valence electrons. The SMILES string of the molecule is CC(C)NCCOCCc1cn(CCNC(C)C)nn1. The fraction of sp³-hybridized carbons (Fsp3) is 0.857. The first-order valence-corrected chi connectivity index (χ1v) is 7.51. The first kappa shape index (κ1) is 17.1. The molecule has 1 aromatic heterocycles. The van der Waals surface area contributed by atoms with Crippen LogP contribution >= 0.6 is 0 Å². The molecule has 0 aliphatic carbocycles. The average Bonchev–Trinajstić information content (AvgIpc) is 2.81. The van der Waals surface area contributed by atoms with Gasteiger partial charge in [0.1, 0.15) is 0 Å². The summed E-state index contributed by atoms with van der Waals surface area (Å²) in [7, 11) is 0. The van der Waals surface area contributed by atoms with Crippen LogP contribution in [-0.2, 0) is 17.7 Å². The van der Waals surface area contributed by atoms with E-state index in [-0.39, 0.29) is 0 Å². The van der Waals surface area contributed by atoms with Crippen LogP contribution in [0, 0.1) is 0 Å². The number of hydrogen-bond acceptors (Lipinski definition) is 5. The van der Waals surface area contributed by atoms with E-state index in [1.54, 1.807) is 0 Å². The third-order valence-electron chi connectivity index (χ3n) is 2.78. The molecule has 0 amide bonds. The first-order valence-electron chi connectivity index (χ1n) is 7.51. The molecular weight excluding hydrogens is 254 g/mol. The fourth-order valence-electron chi connectivity index (χ4n) is 1.73. The standard InChI is InChI=1S/C14H29N5O/c1-12(2)15-6-8-19-11-14(17-18-19)5-9-20-10-7-16-13(3)4/h11-13,15-16H,5-10H2,1-4H3. The van der Waals surface area contributed by atoms with E-state index < -0.39 is 0 Å². The normalized spacial score (nSPS) is 11.7. The largest absolute Gasteiger partial charge is 0.380 e. The van der Waals surface area contributed by atoms with Crippen LogP contribution < -0.4 is 10.6 Å². The molecule has 1 rings (SSSR count). The highest BCUT2D eigenvalue weighted by molar-refractivity contribution is 4.92. The topological polar surface area (TPSA) is 64.0 Å². The minimum absolute atomic E-state index is 0.505. The molecule has 0 bridgehead atoms. The predicted molar refractivity (Wildman–Crippen MR) is 80.8 cm³/mol. The van der Waals surface area contributed by atoms with E-state index in [2.05, 4.69) is 48.6 Å². The highest BCUT2D eigenvalue weighted by Crippen LogP contribution is 1.95. The van der Waals surface area contributed by atoms with Gasteiger partial charge in [-0.2, -0.15) is 0 Å². The summed E-state index contributed by atoms with van der Waals surface area (Å²) in [6.45, 7) is 12.6. The summed E-state index contributed by atoms with van der Waals surface area (Å²) in [6, 6.07) is 1.02. The number of hydrogen-bond donors (Lipinski definition) is 2. The molecule has 1 aromatic rings. The van der Waals surface area contributed by atoms with Gasteiger partial charge in [-0.25, -0.2) is 0 Å². The van der Waals surface area contributed by atoms with Crippen LogP contribution in [0.25, 0.3) is 0 Å². The minimum atomic E-state index is 0.505. The molecule has 0 fully saturated rings. The fourth-order valence-corrected chi connectivity index (χ4v) is 1.73. The van der Waals surface area contributed by atoms with E-state index in [4.69, 9.17) is 4.74 Å². The van der Waals surface area contributed by atoms with Gasteiger partial charge in [0.25, 0.3) is 0 Å². The van der Waals surface area contributed by atoms with Gasteiger partial charge < -0.3 is 15.4 Å². The lowest BCUT2D eigenvalue weighted by Gasteiger charge is -2.07. The molecule has 0 atom stereocenters. The van der Waals surface area contributed by atoms with Gasteiger partial charge in [0.05, 0.1) is 25.5 Å². The van der Waals surface area contributed by atoms with Crippen LogP contribution in [0.3, 0.4) is 0 Å². The molecular formula is C14H29N5O. The van der Waals surface area contributed by atoms with Crippen LogP contribution in [0.15, 0.2) is 6.20 Å². The second-order valence-electron chi connectivity index (χ2n) is 5.55. The van der Waals surface area contributed by atoms with Crippen molar-refractivity contribution in [2.75, 3.05) is 26.3 Å². The number of ether oxygens (including phenoxy) is 1. The Bertz CT molecular complexity index is 351. The van der Waals surface area contributed by atoms with Crippen molar-refractivity contribution in [3.05, 3.63) is 11.9 Å². The lowest BCUT2D eigenvalue weighted by Crippen LogP contribution is -2.27. The first-order chi connectivity index (χ1) is 9.58. The van der Waals surface area contributed by atoms with Crippen molar-refractivity contribution in [1.82, 2.24) is 25.6 Å². The van der Waals surface area contributed by atoms with Gasteiger partial charge in [-0.1, -0.05) is 32.9 Å². The number of aromatic nitrogens is 3.